The summed E-state index contributed by atoms with van der Waals surface area (Å²) in [5.74, 6) is 0. The zero-order valence-corrected chi connectivity index (χ0v) is 36.2. The molecular formula is C64H45N. The second-order valence-corrected chi connectivity index (χ2v) is 17.4. The normalized spacial score (nSPS) is 12.5. The van der Waals surface area contributed by atoms with Crippen LogP contribution in [0.4, 0.5) is 17.1 Å². The molecule has 0 N–H and O–H groups in total. The molecule has 0 heterocycles. The van der Waals surface area contributed by atoms with E-state index < -0.39 is 0 Å². The fourth-order valence-corrected chi connectivity index (χ4v) is 10.4. The number of nitrogens with zero attached hydrogens (tertiary/aromatic N) is 1. The summed E-state index contributed by atoms with van der Waals surface area (Å²) in [6.45, 7) is 2.41. The van der Waals surface area contributed by atoms with E-state index >= 15 is 0 Å². The Morgan fingerprint density at radius 2 is 0.646 bits per heavy atom. The second kappa shape index (κ2) is 15.8. The molecule has 0 fully saturated rings. The minimum atomic E-state index is -0.320. The first-order chi connectivity index (χ1) is 32.1. The van der Waals surface area contributed by atoms with Crippen LogP contribution in [0, 0.1) is 0 Å². The molecule has 1 aliphatic rings. The van der Waals surface area contributed by atoms with Crippen molar-refractivity contribution in [2.75, 3.05) is 4.90 Å². The Morgan fingerprint density at radius 3 is 1.14 bits per heavy atom. The van der Waals surface area contributed by atoms with Crippen molar-refractivity contribution in [1.29, 1.82) is 0 Å². The fourth-order valence-electron chi connectivity index (χ4n) is 10.4. The Balaban J connectivity index is 0.967. The van der Waals surface area contributed by atoms with Crippen molar-refractivity contribution in [1.82, 2.24) is 0 Å². The van der Waals surface area contributed by atoms with Gasteiger partial charge in [0.1, 0.15) is 0 Å². The maximum absolute atomic E-state index is 2.43. The van der Waals surface area contributed by atoms with Crippen LogP contribution in [0.15, 0.2) is 255 Å². The van der Waals surface area contributed by atoms with E-state index in [0.717, 1.165) is 17.1 Å². The molecule has 1 aliphatic carbocycles. The third kappa shape index (κ3) is 6.64. The standard InChI is InChI=1S/C64H45N/c1-64(62-27-11-9-23-60(62)61-24-10-12-28-63(61)64)52-42-50(44-15-3-2-4-16-44)41-51(43-52)45-29-35-53(36-30-45)65(54-37-31-48(32-38-54)58-25-13-19-46-17-5-7-21-56(46)58)55-39-33-49(34-40-55)59-26-14-20-47-18-6-8-22-57(47)59/h2-43H,1H3. The predicted molar refractivity (Wildman–Crippen MR) is 275 cm³/mol. The highest BCUT2D eigenvalue weighted by Crippen LogP contribution is 2.53. The monoisotopic (exact) mass is 827 g/mol. The van der Waals surface area contributed by atoms with Gasteiger partial charge in [-0.2, -0.15) is 0 Å². The molecule has 0 amide bonds. The maximum Gasteiger partial charge on any atom is 0.0462 e. The van der Waals surface area contributed by atoms with Gasteiger partial charge in [0.05, 0.1) is 0 Å². The van der Waals surface area contributed by atoms with E-state index in [0.29, 0.717) is 0 Å². The first-order valence-electron chi connectivity index (χ1n) is 22.6. The van der Waals surface area contributed by atoms with Gasteiger partial charge in [0.2, 0.25) is 0 Å². The van der Waals surface area contributed by atoms with E-state index in [1.54, 1.807) is 0 Å². The second-order valence-electron chi connectivity index (χ2n) is 17.4. The van der Waals surface area contributed by atoms with Crippen molar-refractivity contribution in [2.24, 2.45) is 0 Å². The molecule has 0 saturated carbocycles. The van der Waals surface area contributed by atoms with E-state index in [1.165, 1.54) is 93.9 Å². The molecule has 0 unspecified atom stereocenters. The zero-order valence-electron chi connectivity index (χ0n) is 36.2. The van der Waals surface area contributed by atoms with Gasteiger partial charge in [-0.3, -0.25) is 0 Å². The fraction of sp³-hybridized carbons (Fsp3) is 0.0312. The summed E-state index contributed by atoms with van der Waals surface area (Å²) in [7, 11) is 0. The van der Waals surface area contributed by atoms with Crippen molar-refractivity contribution in [3.8, 4) is 55.6 Å². The quantitative estimate of drug-likeness (QED) is 0.147. The minimum Gasteiger partial charge on any atom is -0.311 e. The summed E-state index contributed by atoms with van der Waals surface area (Å²) in [5.41, 5.74) is 19.2. The predicted octanol–water partition coefficient (Wildman–Crippen LogP) is 17.5. The van der Waals surface area contributed by atoms with Crippen molar-refractivity contribution in [3.63, 3.8) is 0 Å². The van der Waals surface area contributed by atoms with Gasteiger partial charge >= 0.3 is 0 Å². The molecule has 1 heteroatoms. The number of rotatable bonds is 8. The highest BCUT2D eigenvalue weighted by Gasteiger charge is 2.40. The average molecular weight is 828 g/mol. The van der Waals surface area contributed by atoms with Crippen molar-refractivity contribution < 1.29 is 0 Å². The number of hydrogen-bond donors (Lipinski definition) is 0. The molecule has 0 aliphatic heterocycles. The number of fused-ring (bicyclic) bond motifs is 5. The summed E-state index contributed by atoms with van der Waals surface area (Å²) in [6.07, 6.45) is 0. The average Bonchev–Trinajstić information content (AvgIpc) is 3.65. The first kappa shape index (κ1) is 38.4. The molecule has 0 atom stereocenters. The molecule has 11 aromatic rings. The molecule has 1 nitrogen and oxygen atoms in total. The maximum atomic E-state index is 2.43. The van der Waals surface area contributed by atoms with Crippen LogP contribution in [0.3, 0.4) is 0 Å². The summed E-state index contributed by atoms with van der Waals surface area (Å²) in [6, 6.07) is 93.5. The Morgan fingerprint density at radius 1 is 0.277 bits per heavy atom. The van der Waals surface area contributed by atoms with Gasteiger partial charge in [-0.1, -0.05) is 200 Å². The van der Waals surface area contributed by atoms with Gasteiger partial charge in [-0.15, -0.1) is 0 Å². The van der Waals surface area contributed by atoms with Gasteiger partial charge in [0.25, 0.3) is 0 Å². The smallest absolute Gasteiger partial charge is 0.0462 e. The lowest BCUT2D eigenvalue weighted by atomic mass is 9.73. The van der Waals surface area contributed by atoms with E-state index in [1.807, 2.05) is 0 Å². The molecule has 0 radical (unpaired) electrons. The van der Waals surface area contributed by atoms with Crippen LogP contribution in [-0.4, -0.2) is 0 Å². The van der Waals surface area contributed by atoms with Gasteiger partial charge in [-0.25, -0.2) is 0 Å². The van der Waals surface area contributed by atoms with Crippen molar-refractivity contribution in [3.05, 3.63) is 271 Å². The molecule has 12 rings (SSSR count). The summed E-state index contributed by atoms with van der Waals surface area (Å²) < 4.78 is 0. The van der Waals surface area contributed by atoms with Crippen LogP contribution < -0.4 is 4.90 Å². The number of benzene rings is 11. The largest absolute Gasteiger partial charge is 0.311 e. The molecule has 306 valence electrons. The highest BCUT2D eigenvalue weighted by molar-refractivity contribution is 5.98. The summed E-state index contributed by atoms with van der Waals surface area (Å²) in [4.78, 5) is 2.38. The molecule has 0 spiro atoms. The van der Waals surface area contributed by atoms with Crippen LogP contribution in [0.1, 0.15) is 23.6 Å². The van der Waals surface area contributed by atoms with E-state index in [4.69, 9.17) is 0 Å². The number of anilines is 3. The molecular weight excluding hydrogens is 783 g/mol. The summed E-state index contributed by atoms with van der Waals surface area (Å²) in [5, 5.41) is 5.01. The number of hydrogen-bond acceptors (Lipinski definition) is 1. The van der Waals surface area contributed by atoms with E-state index in [-0.39, 0.29) is 5.41 Å². The molecule has 0 bridgehead atoms. The van der Waals surface area contributed by atoms with Crippen LogP contribution in [0.25, 0.3) is 77.2 Å². The Hall–Kier alpha value is -8.26. The van der Waals surface area contributed by atoms with Gasteiger partial charge in [0.15, 0.2) is 0 Å². The van der Waals surface area contributed by atoms with E-state index in [2.05, 4.69) is 267 Å². The Kier molecular flexibility index (Phi) is 9.35. The van der Waals surface area contributed by atoms with Gasteiger partial charge in [0, 0.05) is 22.5 Å². The molecule has 65 heavy (non-hydrogen) atoms. The SMILES string of the molecule is CC1(c2cc(-c3ccccc3)cc(-c3ccc(N(c4ccc(-c5cccc6ccccc56)cc4)c4ccc(-c5cccc6ccccc56)cc4)cc3)c2)c2ccccc2-c2ccccc21. The lowest BCUT2D eigenvalue weighted by Crippen LogP contribution is -2.22. The summed E-state index contributed by atoms with van der Waals surface area (Å²) >= 11 is 0. The van der Waals surface area contributed by atoms with Crippen molar-refractivity contribution >= 4 is 38.6 Å². The van der Waals surface area contributed by atoms with Gasteiger partial charge in [-0.05, 0) is 155 Å². The van der Waals surface area contributed by atoms with Crippen molar-refractivity contribution in [2.45, 2.75) is 12.3 Å². The molecule has 0 saturated heterocycles. The Bertz CT molecular complexity index is 3350. The first-order valence-corrected chi connectivity index (χ1v) is 22.6. The topological polar surface area (TPSA) is 3.24 Å². The molecule has 11 aromatic carbocycles. The lowest BCUT2D eigenvalue weighted by molar-refractivity contribution is 0.714. The third-order valence-electron chi connectivity index (χ3n) is 13.8. The lowest BCUT2D eigenvalue weighted by Gasteiger charge is -2.30. The van der Waals surface area contributed by atoms with Crippen LogP contribution >= 0.6 is 0 Å². The van der Waals surface area contributed by atoms with E-state index in [9.17, 15) is 0 Å². The highest BCUT2D eigenvalue weighted by atomic mass is 15.1. The zero-order chi connectivity index (χ0) is 43.3. The van der Waals surface area contributed by atoms with Crippen LogP contribution in [0.5, 0.6) is 0 Å². The Labute approximate surface area is 381 Å². The minimum absolute atomic E-state index is 0.320. The van der Waals surface area contributed by atoms with Crippen LogP contribution in [0.2, 0.25) is 0 Å². The van der Waals surface area contributed by atoms with Gasteiger partial charge < -0.3 is 4.90 Å². The van der Waals surface area contributed by atoms with Crippen LogP contribution in [-0.2, 0) is 5.41 Å². The third-order valence-corrected chi connectivity index (χ3v) is 13.8. The molecule has 0 aromatic heterocycles.